The Hall–Kier alpha value is -1.40. The number of hydrogen-bond acceptors (Lipinski definition) is 4. The van der Waals surface area contributed by atoms with Crippen LogP contribution in [0.2, 0.25) is 0 Å². The number of carbonyl (C=O) groups is 2. The van der Waals surface area contributed by atoms with Crippen molar-refractivity contribution >= 4 is 28.9 Å². The molecular weight excluding hydrogens is 336 g/mol. The van der Waals surface area contributed by atoms with E-state index in [1.165, 1.54) is 30.6 Å². The van der Waals surface area contributed by atoms with Crippen LogP contribution in [-0.2, 0) is 10.2 Å². The quantitative estimate of drug-likeness (QED) is 0.859. The zero-order valence-corrected chi connectivity index (χ0v) is 16.1. The molecule has 1 atom stereocenters. The van der Waals surface area contributed by atoms with Gasteiger partial charge in [-0.25, -0.2) is 4.79 Å². The van der Waals surface area contributed by atoms with E-state index < -0.39 is 5.97 Å². The van der Waals surface area contributed by atoms with Crippen molar-refractivity contribution in [2.24, 2.45) is 5.92 Å². The van der Waals surface area contributed by atoms with Crippen LogP contribution in [0.25, 0.3) is 0 Å². The number of carbonyl (C=O) groups excluding carboxylic acids is 1. The van der Waals surface area contributed by atoms with Gasteiger partial charge in [0.05, 0.1) is 18.3 Å². The standard InChI is InChI=1S/C19H28N2O3S/c1-19(2,3)15-9-13(17(25-15)18(23)24)21-14(10-20-11-16(21)22)12-7-5-4-6-8-12/h9,12,14,20H,4-8,10-11H2,1-3H3,(H,23,24). The van der Waals surface area contributed by atoms with Crippen LogP contribution in [0.4, 0.5) is 5.69 Å². The highest BCUT2D eigenvalue weighted by atomic mass is 32.1. The Bertz CT molecular complexity index is 656. The lowest BCUT2D eigenvalue weighted by atomic mass is 9.82. The highest BCUT2D eigenvalue weighted by Gasteiger charge is 2.38. The Kier molecular flexibility index (Phi) is 5.21. The van der Waals surface area contributed by atoms with Crippen LogP contribution in [0.15, 0.2) is 6.07 Å². The first-order chi connectivity index (χ1) is 11.8. The van der Waals surface area contributed by atoms with Crippen molar-refractivity contribution in [3.8, 4) is 0 Å². The molecule has 1 saturated carbocycles. The van der Waals surface area contributed by atoms with E-state index in [4.69, 9.17) is 0 Å². The maximum absolute atomic E-state index is 12.8. The minimum Gasteiger partial charge on any atom is -0.477 e. The number of amides is 1. The lowest BCUT2D eigenvalue weighted by Crippen LogP contribution is -2.58. The highest BCUT2D eigenvalue weighted by molar-refractivity contribution is 7.14. The molecule has 1 aromatic heterocycles. The first-order valence-electron chi connectivity index (χ1n) is 9.19. The van der Waals surface area contributed by atoms with Crippen LogP contribution in [-0.4, -0.2) is 36.1 Å². The van der Waals surface area contributed by atoms with Gasteiger partial charge in [-0.3, -0.25) is 4.79 Å². The summed E-state index contributed by atoms with van der Waals surface area (Å²) in [6, 6.07) is 2.00. The van der Waals surface area contributed by atoms with Crippen LogP contribution < -0.4 is 10.2 Å². The molecule has 5 nitrogen and oxygen atoms in total. The van der Waals surface area contributed by atoms with Gasteiger partial charge in [-0.05, 0) is 30.2 Å². The molecule has 0 radical (unpaired) electrons. The van der Waals surface area contributed by atoms with Crippen molar-refractivity contribution in [2.45, 2.75) is 64.3 Å². The van der Waals surface area contributed by atoms with Gasteiger partial charge in [0.1, 0.15) is 4.88 Å². The number of carboxylic acid groups (broad SMARTS) is 1. The Morgan fingerprint density at radius 3 is 2.56 bits per heavy atom. The monoisotopic (exact) mass is 364 g/mol. The first kappa shape index (κ1) is 18.4. The third kappa shape index (κ3) is 3.75. The summed E-state index contributed by atoms with van der Waals surface area (Å²) in [7, 11) is 0. The SMILES string of the molecule is CC(C)(C)c1cc(N2C(=O)CNCC2C2CCCCC2)c(C(=O)O)s1. The molecule has 1 aromatic rings. The number of rotatable bonds is 3. The molecule has 1 amide bonds. The van der Waals surface area contributed by atoms with Crippen molar-refractivity contribution < 1.29 is 14.7 Å². The third-order valence-corrected chi connectivity index (χ3v) is 6.87. The molecule has 1 aliphatic carbocycles. The summed E-state index contributed by atoms with van der Waals surface area (Å²) in [6.45, 7) is 7.25. The molecular formula is C19H28N2O3S. The zero-order chi connectivity index (χ0) is 18.2. The van der Waals surface area contributed by atoms with E-state index in [2.05, 4.69) is 26.1 Å². The maximum atomic E-state index is 12.8. The predicted octanol–water partition coefficient (Wildman–Crippen LogP) is 3.63. The molecule has 3 rings (SSSR count). The van der Waals surface area contributed by atoms with E-state index >= 15 is 0 Å². The predicted molar refractivity (Wildman–Crippen MR) is 101 cm³/mol. The van der Waals surface area contributed by atoms with Crippen LogP contribution >= 0.6 is 11.3 Å². The summed E-state index contributed by atoms with van der Waals surface area (Å²) in [5, 5.41) is 12.9. The number of hydrogen-bond donors (Lipinski definition) is 2. The molecule has 0 bridgehead atoms. The number of piperazine rings is 1. The second-order valence-electron chi connectivity index (χ2n) is 8.24. The molecule has 2 N–H and O–H groups in total. The molecule has 0 aromatic carbocycles. The van der Waals surface area contributed by atoms with E-state index in [0.29, 0.717) is 16.5 Å². The van der Waals surface area contributed by atoms with Crippen molar-refractivity contribution in [1.29, 1.82) is 0 Å². The van der Waals surface area contributed by atoms with Crippen molar-refractivity contribution in [3.05, 3.63) is 15.8 Å². The zero-order valence-electron chi connectivity index (χ0n) is 15.3. The van der Waals surface area contributed by atoms with Gasteiger partial charge in [0.25, 0.3) is 0 Å². The number of nitrogens with one attached hydrogen (secondary N) is 1. The van der Waals surface area contributed by atoms with E-state index in [9.17, 15) is 14.7 Å². The number of anilines is 1. The molecule has 0 spiro atoms. The normalized spacial score (nSPS) is 23.1. The average Bonchev–Trinajstić information content (AvgIpc) is 3.01. The van der Waals surface area contributed by atoms with Gasteiger partial charge in [0.2, 0.25) is 5.91 Å². The number of thiophene rings is 1. The fraction of sp³-hybridized carbons (Fsp3) is 0.684. The Morgan fingerprint density at radius 2 is 1.96 bits per heavy atom. The van der Waals surface area contributed by atoms with Gasteiger partial charge in [-0.15, -0.1) is 11.3 Å². The summed E-state index contributed by atoms with van der Waals surface area (Å²) < 4.78 is 0. The summed E-state index contributed by atoms with van der Waals surface area (Å²) >= 11 is 1.31. The number of nitrogens with zero attached hydrogens (tertiary/aromatic N) is 1. The molecule has 2 fully saturated rings. The maximum Gasteiger partial charge on any atom is 0.348 e. The van der Waals surface area contributed by atoms with Gasteiger partial charge in [0.15, 0.2) is 0 Å². The fourth-order valence-electron chi connectivity index (χ4n) is 3.98. The molecule has 1 saturated heterocycles. The molecule has 6 heteroatoms. The lowest BCUT2D eigenvalue weighted by Gasteiger charge is -2.41. The van der Waals surface area contributed by atoms with E-state index in [-0.39, 0.29) is 23.9 Å². The Labute approximate surface area is 153 Å². The number of carboxylic acids is 1. The summed E-state index contributed by atoms with van der Waals surface area (Å²) in [5.41, 5.74) is 0.467. The largest absolute Gasteiger partial charge is 0.477 e. The van der Waals surface area contributed by atoms with Gasteiger partial charge in [-0.1, -0.05) is 40.0 Å². The van der Waals surface area contributed by atoms with Crippen LogP contribution in [0.1, 0.15) is 67.4 Å². The average molecular weight is 365 g/mol. The smallest absolute Gasteiger partial charge is 0.348 e. The van der Waals surface area contributed by atoms with Crippen molar-refractivity contribution in [2.75, 3.05) is 18.0 Å². The highest BCUT2D eigenvalue weighted by Crippen LogP contribution is 2.40. The summed E-state index contributed by atoms with van der Waals surface area (Å²) in [4.78, 5) is 27.7. The van der Waals surface area contributed by atoms with Crippen molar-refractivity contribution in [1.82, 2.24) is 5.32 Å². The Morgan fingerprint density at radius 1 is 1.28 bits per heavy atom. The second kappa shape index (κ2) is 7.08. The molecule has 2 heterocycles. The van der Waals surface area contributed by atoms with Gasteiger partial charge in [-0.2, -0.15) is 0 Å². The van der Waals surface area contributed by atoms with Gasteiger partial charge >= 0.3 is 5.97 Å². The summed E-state index contributed by atoms with van der Waals surface area (Å²) in [5.74, 6) is -0.503. The van der Waals surface area contributed by atoms with Crippen LogP contribution in [0.3, 0.4) is 0 Å². The number of aromatic carboxylic acids is 1. The van der Waals surface area contributed by atoms with E-state index in [0.717, 1.165) is 24.3 Å². The topological polar surface area (TPSA) is 69.6 Å². The minimum atomic E-state index is -0.941. The minimum absolute atomic E-state index is 0.0115. The van der Waals surface area contributed by atoms with E-state index in [1.807, 2.05) is 11.0 Å². The summed E-state index contributed by atoms with van der Waals surface area (Å²) in [6.07, 6.45) is 5.90. The van der Waals surface area contributed by atoms with Crippen LogP contribution in [0.5, 0.6) is 0 Å². The third-order valence-electron chi connectivity index (χ3n) is 5.33. The molecule has 138 valence electrons. The molecule has 1 aliphatic heterocycles. The molecule has 1 unspecified atom stereocenters. The Balaban J connectivity index is 2.02. The fourth-order valence-corrected chi connectivity index (χ4v) is 5.03. The first-order valence-corrected chi connectivity index (χ1v) is 10.0. The van der Waals surface area contributed by atoms with Crippen LogP contribution in [0, 0.1) is 5.92 Å². The van der Waals surface area contributed by atoms with E-state index in [1.54, 1.807) is 0 Å². The molecule has 25 heavy (non-hydrogen) atoms. The lowest BCUT2D eigenvalue weighted by molar-refractivity contribution is -0.119. The van der Waals surface area contributed by atoms with Gasteiger partial charge < -0.3 is 15.3 Å². The second-order valence-corrected chi connectivity index (χ2v) is 9.29. The molecule has 2 aliphatic rings. The van der Waals surface area contributed by atoms with Crippen molar-refractivity contribution in [3.63, 3.8) is 0 Å². The van der Waals surface area contributed by atoms with Gasteiger partial charge in [0, 0.05) is 11.4 Å².